The Kier molecular flexibility index (Phi) is 4.93. The average Bonchev–Trinajstić information content (AvgIpc) is 2.94. The molecule has 21 heavy (non-hydrogen) atoms. The second-order valence-electron chi connectivity index (χ2n) is 5.02. The summed E-state index contributed by atoms with van der Waals surface area (Å²) in [5.74, 6) is 0.329. The first kappa shape index (κ1) is 15.5. The molecule has 1 atom stereocenters. The van der Waals surface area contributed by atoms with E-state index in [1.54, 1.807) is 6.20 Å². The van der Waals surface area contributed by atoms with Gasteiger partial charge in [-0.15, -0.1) is 11.3 Å². The maximum atomic E-state index is 11.9. The number of anilines is 1. The normalized spacial score (nSPS) is 12.4. The second kappa shape index (κ2) is 6.69. The number of aromatic nitrogens is 1. The highest BCUT2D eigenvalue weighted by atomic mass is 32.1. The Morgan fingerprint density at radius 3 is 2.52 bits per heavy atom. The van der Waals surface area contributed by atoms with Crippen molar-refractivity contribution in [3.8, 4) is 0 Å². The summed E-state index contributed by atoms with van der Waals surface area (Å²) in [7, 11) is 0. The van der Waals surface area contributed by atoms with E-state index in [2.05, 4.69) is 18.8 Å². The number of thiazole rings is 1. The molecule has 1 heterocycles. The fourth-order valence-corrected chi connectivity index (χ4v) is 3.02. The Hall–Kier alpha value is -1.92. The van der Waals surface area contributed by atoms with Gasteiger partial charge in [-0.3, -0.25) is 4.90 Å². The first-order valence-corrected chi connectivity index (χ1v) is 7.56. The van der Waals surface area contributed by atoms with E-state index in [9.17, 15) is 9.90 Å². The number of rotatable bonds is 5. The largest absolute Gasteiger partial charge is 0.394 e. The number of amides is 2. The van der Waals surface area contributed by atoms with Crippen LogP contribution in [-0.4, -0.2) is 22.7 Å². The fourth-order valence-electron chi connectivity index (χ4n) is 2.05. The van der Waals surface area contributed by atoms with Crippen LogP contribution >= 0.6 is 11.3 Å². The quantitative estimate of drug-likeness (QED) is 0.891. The molecule has 0 aliphatic rings. The van der Waals surface area contributed by atoms with Crippen molar-refractivity contribution in [3.63, 3.8) is 0 Å². The maximum absolute atomic E-state index is 11.9. The number of carbonyl (C=O) groups is 1. The molecule has 0 saturated carbocycles. The zero-order valence-electron chi connectivity index (χ0n) is 12.1. The number of hydrogen-bond donors (Lipinski definition) is 2. The zero-order valence-corrected chi connectivity index (χ0v) is 12.9. The number of primary amides is 1. The van der Waals surface area contributed by atoms with E-state index in [1.807, 2.05) is 30.3 Å². The molecular weight excluding hydrogens is 286 g/mol. The Morgan fingerprint density at radius 1 is 1.38 bits per heavy atom. The van der Waals surface area contributed by atoms with Crippen molar-refractivity contribution < 1.29 is 9.90 Å². The highest BCUT2D eigenvalue weighted by Gasteiger charge is 2.27. The molecule has 112 valence electrons. The second-order valence-corrected chi connectivity index (χ2v) is 6.06. The third-order valence-corrected chi connectivity index (χ3v) is 4.49. The Balaban J connectivity index is 2.39. The van der Waals surface area contributed by atoms with E-state index in [-0.39, 0.29) is 6.61 Å². The molecule has 0 spiro atoms. The summed E-state index contributed by atoms with van der Waals surface area (Å²) in [5, 5.41) is 10.2. The molecule has 2 rings (SSSR count). The lowest BCUT2D eigenvalue weighted by Gasteiger charge is -2.27. The number of nitrogens with two attached hydrogens (primary N) is 1. The predicted octanol–water partition coefficient (Wildman–Crippen LogP) is 2.89. The molecule has 0 aliphatic heterocycles. The number of benzene rings is 1. The molecule has 6 heteroatoms. The number of carbonyl (C=O) groups excluding carboxylic acids is 1. The first-order chi connectivity index (χ1) is 10.0. The lowest BCUT2D eigenvalue weighted by atomic mass is 10.1. The van der Waals surface area contributed by atoms with E-state index in [1.165, 1.54) is 16.2 Å². The van der Waals surface area contributed by atoms with Gasteiger partial charge < -0.3 is 10.8 Å². The molecule has 0 radical (unpaired) electrons. The monoisotopic (exact) mass is 305 g/mol. The van der Waals surface area contributed by atoms with Crippen LogP contribution in [0.25, 0.3) is 0 Å². The highest BCUT2D eigenvalue weighted by Crippen LogP contribution is 2.33. The lowest BCUT2D eigenvalue weighted by molar-refractivity contribution is 0.236. The molecule has 2 amide bonds. The summed E-state index contributed by atoms with van der Waals surface area (Å²) in [6.07, 6.45) is 1.75. The van der Waals surface area contributed by atoms with Gasteiger partial charge in [0, 0.05) is 11.1 Å². The van der Waals surface area contributed by atoms with Crippen LogP contribution in [0.5, 0.6) is 0 Å². The van der Waals surface area contributed by atoms with Crippen LogP contribution in [0.1, 0.15) is 36.2 Å². The molecule has 0 saturated heterocycles. The van der Waals surface area contributed by atoms with Crippen LogP contribution in [-0.2, 0) is 0 Å². The first-order valence-electron chi connectivity index (χ1n) is 6.74. The third kappa shape index (κ3) is 3.40. The standard InChI is InChI=1S/C15H19N3O2S/c1-10(2)13-8-17-15(21-13)18(14(16)20)12(9-19)11-6-4-3-5-7-11/h3-8,10,12,19H,9H2,1-2H3,(H2,16,20). The van der Waals surface area contributed by atoms with Crippen molar-refractivity contribution >= 4 is 22.5 Å². The number of hydrogen-bond acceptors (Lipinski definition) is 4. The molecular formula is C15H19N3O2S. The minimum absolute atomic E-state index is 0.219. The van der Waals surface area contributed by atoms with Crippen LogP contribution < -0.4 is 10.6 Å². The molecule has 0 aliphatic carbocycles. The van der Waals surface area contributed by atoms with Crippen molar-refractivity contribution in [2.24, 2.45) is 5.73 Å². The van der Waals surface area contributed by atoms with Crippen molar-refractivity contribution in [1.82, 2.24) is 4.98 Å². The highest BCUT2D eigenvalue weighted by molar-refractivity contribution is 7.15. The van der Waals surface area contributed by atoms with Crippen molar-refractivity contribution in [3.05, 3.63) is 47.0 Å². The molecule has 1 unspecified atom stereocenters. The van der Waals surface area contributed by atoms with Crippen LogP contribution in [0.15, 0.2) is 36.5 Å². The Bertz CT molecular complexity index is 598. The van der Waals surface area contributed by atoms with Gasteiger partial charge in [0.15, 0.2) is 5.13 Å². The van der Waals surface area contributed by atoms with E-state index in [4.69, 9.17) is 5.73 Å². The van der Waals surface area contributed by atoms with Gasteiger partial charge in [0.25, 0.3) is 0 Å². The van der Waals surface area contributed by atoms with E-state index < -0.39 is 12.1 Å². The summed E-state index contributed by atoms with van der Waals surface area (Å²) in [6.45, 7) is 3.91. The van der Waals surface area contributed by atoms with Gasteiger partial charge in [-0.1, -0.05) is 44.2 Å². The smallest absolute Gasteiger partial charge is 0.321 e. The Labute approximate surface area is 128 Å². The minimum Gasteiger partial charge on any atom is -0.394 e. The molecule has 1 aromatic carbocycles. The fraction of sp³-hybridized carbons (Fsp3) is 0.333. The number of nitrogens with zero attached hydrogens (tertiary/aromatic N) is 2. The van der Waals surface area contributed by atoms with Gasteiger partial charge in [0.2, 0.25) is 0 Å². The average molecular weight is 305 g/mol. The van der Waals surface area contributed by atoms with Crippen LogP contribution in [0.3, 0.4) is 0 Å². The van der Waals surface area contributed by atoms with E-state index >= 15 is 0 Å². The van der Waals surface area contributed by atoms with Gasteiger partial charge >= 0.3 is 6.03 Å². The van der Waals surface area contributed by atoms with Gasteiger partial charge in [-0.2, -0.15) is 0 Å². The SMILES string of the molecule is CC(C)c1cnc(N(C(N)=O)C(CO)c2ccccc2)s1. The van der Waals surface area contributed by atoms with Crippen molar-refractivity contribution in [2.45, 2.75) is 25.8 Å². The molecule has 0 bridgehead atoms. The summed E-state index contributed by atoms with van der Waals surface area (Å²) >= 11 is 1.42. The van der Waals surface area contributed by atoms with Gasteiger partial charge in [0.1, 0.15) is 0 Å². The summed E-state index contributed by atoms with van der Waals surface area (Å²) in [4.78, 5) is 18.6. The third-order valence-electron chi connectivity index (χ3n) is 3.19. The molecule has 5 nitrogen and oxygen atoms in total. The van der Waals surface area contributed by atoms with Crippen molar-refractivity contribution in [2.75, 3.05) is 11.5 Å². The summed E-state index contributed by atoms with van der Waals surface area (Å²) < 4.78 is 0. The number of aliphatic hydroxyl groups is 1. The van der Waals surface area contributed by atoms with E-state index in [0.717, 1.165) is 10.4 Å². The zero-order chi connectivity index (χ0) is 15.4. The maximum Gasteiger partial charge on any atom is 0.321 e. The minimum atomic E-state index is -0.623. The summed E-state index contributed by atoms with van der Waals surface area (Å²) in [5.41, 5.74) is 6.33. The van der Waals surface area contributed by atoms with Gasteiger partial charge in [0.05, 0.1) is 12.6 Å². The Morgan fingerprint density at radius 2 is 2.05 bits per heavy atom. The molecule has 1 aromatic heterocycles. The van der Waals surface area contributed by atoms with E-state index in [0.29, 0.717) is 11.0 Å². The number of urea groups is 1. The summed E-state index contributed by atoms with van der Waals surface area (Å²) in [6, 6.07) is 8.16. The molecule has 3 N–H and O–H groups in total. The lowest BCUT2D eigenvalue weighted by Crippen LogP contribution is -2.40. The van der Waals surface area contributed by atoms with Crippen LogP contribution in [0.4, 0.5) is 9.93 Å². The van der Waals surface area contributed by atoms with Gasteiger partial charge in [-0.05, 0) is 11.5 Å². The van der Waals surface area contributed by atoms with Gasteiger partial charge in [-0.25, -0.2) is 9.78 Å². The van der Waals surface area contributed by atoms with Crippen LogP contribution in [0.2, 0.25) is 0 Å². The van der Waals surface area contributed by atoms with Crippen LogP contribution in [0, 0.1) is 0 Å². The number of aliphatic hydroxyl groups excluding tert-OH is 1. The predicted molar refractivity (Wildman–Crippen MR) is 84.5 cm³/mol. The molecule has 0 fully saturated rings. The molecule has 2 aromatic rings. The topological polar surface area (TPSA) is 79.5 Å². The van der Waals surface area contributed by atoms with Crippen molar-refractivity contribution in [1.29, 1.82) is 0 Å².